The quantitative estimate of drug-likeness (QED) is 0.132. The van der Waals surface area contributed by atoms with Crippen LogP contribution in [0.1, 0.15) is 22.3 Å². The summed E-state index contributed by atoms with van der Waals surface area (Å²) in [6.07, 6.45) is 1.51. The predicted molar refractivity (Wildman–Crippen MR) is 148 cm³/mol. The van der Waals surface area contributed by atoms with Crippen LogP contribution in [0.3, 0.4) is 0 Å². The van der Waals surface area contributed by atoms with Gasteiger partial charge in [-0.1, -0.05) is 24.3 Å². The molecule has 5 rings (SSSR count). The number of methoxy groups -OCH3 is 1. The van der Waals surface area contributed by atoms with Gasteiger partial charge >= 0.3 is 5.97 Å². The first-order valence-corrected chi connectivity index (χ1v) is 13.2. The molecule has 0 saturated carbocycles. The Morgan fingerprint density at radius 1 is 1.15 bits per heavy atom. The van der Waals surface area contributed by atoms with Crippen molar-refractivity contribution in [2.45, 2.75) is 18.0 Å². The lowest BCUT2D eigenvalue weighted by molar-refractivity contribution is -0.384. The van der Waals surface area contributed by atoms with Gasteiger partial charge in [-0.15, -0.1) is 11.8 Å². The van der Waals surface area contributed by atoms with Crippen molar-refractivity contribution < 1.29 is 24.0 Å². The highest BCUT2D eigenvalue weighted by molar-refractivity contribution is 8.00. The molecule has 3 aromatic carbocycles. The Labute approximate surface area is 233 Å². The maximum absolute atomic E-state index is 13.5. The monoisotopic (exact) mass is 554 g/mol. The molecule has 40 heavy (non-hydrogen) atoms. The number of amides is 1. The first kappa shape index (κ1) is 26.6. The zero-order chi connectivity index (χ0) is 28.2. The van der Waals surface area contributed by atoms with E-state index < -0.39 is 22.3 Å². The molecule has 0 N–H and O–H groups in total. The number of carbonyl (C=O) groups is 2. The number of non-ortho nitro benzene ring substituents is 1. The normalized spacial score (nSPS) is 18.1. The lowest BCUT2D eigenvalue weighted by Gasteiger charge is -2.48. The summed E-state index contributed by atoms with van der Waals surface area (Å²) in [7, 11) is 1.57. The van der Waals surface area contributed by atoms with Crippen LogP contribution in [0.5, 0.6) is 5.75 Å². The van der Waals surface area contributed by atoms with Crippen molar-refractivity contribution in [2.75, 3.05) is 12.9 Å². The molecule has 10 nitrogen and oxygen atoms in total. The van der Waals surface area contributed by atoms with E-state index in [1.54, 1.807) is 67.8 Å². The number of nitro groups is 1. The highest BCUT2D eigenvalue weighted by Crippen LogP contribution is 2.44. The number of thioether (sulfide) groups is 1. The Hall–Kier alpha value is -4.95. The van der Waals surface area contributed by atoms with E-state index in [9.17, 15) is 19.7 Å². The third-order valence-corrected chi connectivity index (χ3v) is 7.78. The SMILES string of the molecule is COc1ccc(COC(=O)C2=C(c3ccc(C#N)cc3)CS[C@H]3[C@H](N=Cc4ccc([N+](=O)[O-])cc4)C(=O)N23)cc1. The van der Waals surface area contributed by atoms with Gasteiger partial charge in [0.2, 0.25) is 0 Å². The number of hydrogen-bond donors (Lipinski definition) is 0. The number of nitrogens with zero attached hydrogens (tertiary/aromatic N) is 4. The van der Waals surface area contributed by atoms with Crippen molar-refractivity contribution in [3.8, 4) is 11.8 Å². The van der Waals surface area contributed by atoms with Gasteiger partial charge in [0.05, 0.1) is 23.7 Å². The summed E-state index contributed by atoms with van der Waals surface area (Å²) >= 11 is 1.48. The van der Waals surface area contributed by atoms with Gasteiger partial charge in [-0.3, -0.25) is 24.8 Å². The van der Waals surface area contributed by atoms with Crippen LogP contribution in [0, 0.1) is 21.4 Å². The molecule has 0 radical (unpaired) electrons. The molecule has 1 saturated heterocycles. The molecule has 1 fully saturated rings. The van der Waals surface area contributed by atoms with Gasteiger partial charge in [-0.05, 0) is 53.1 Å². The predicted octanol–water partition coefficient (Wildman–Crippen LogP) is 4.33. The van der Waals surface area contributed by atoms with E-state index in [4.69, 9.17) is 14.7 Å². The molecule has 3 aromatic rings. The highest BCUT2D eigenvalue weighted by atomic mass is 32.2. The van der Waals surface area contributed by atoms with Crippen LogP contribution < -0.4 is 4.74 Å². The maximum Gasteiger partial charge on any atom is 0.355 e. The molecule has 0 unspecified atom stereocenters. The molecule has 2 atom stereocenters. The number of aliphatic imine (C=N–C) groups is 1. The van der Waals surface area contributed by atoms with E-state index in [-0.39, 0.29) is 23.9 Å². The lowest BCUT2D eigenvalue weighted by Crippen LogP contribution is -2.64. The molecule has 0 spiro atoms. The summed E-state index contributed by atoms with van der Waals surface area (Å²) in [6.45, 7) is 0.00848. The number of rotatable bonds is 8. The van der Waals surface area contributed by atoms with Gasteiger partial charge in [0.25, 0.3) is 11.6 Å². The van der Waals surface area contributed by atoms with Crippen LogP contribution in [-0.2, 0) is 20.9 Å². The average molecular weight is 555 g/mol. The third kappa shape index (κ3) is 5.30. The average Bonchev–Trinajstić information content (AvgIpc) is 2.99. The topological polar surface area (TPSA) is 135 Å². The number of hydrogen-bond acceptors (Lipinski definition) is 9. The second-order valence-electron chi connectivity index (χ2n) is 8.92. The van der Waals surface area contributed by atoms with Gasteiger partial charge in [-0.2, -0.15) is 5.26 Å². The Morgan fingerprint density at radius 3 is 2.48 bits per heavy atom. The van der Waals surface area contributed by atoms with Crippen molar-refractivity contribution >= 4 is 41.1 Å². The summed E-state index contributed by atoms with van der Waals surface area (Å²) < 4.78 is 10.8. The fraction of sp³-hybridized carbons (Fsp3) is 0.172. The molecule has 200 valence electrons. The van der Waals surface area contributed by atoms with Crippen LogP contribution in [0.25, 0.3) is 5.57 Å². The van der Waals surface area contributed by atoms with Gasteiger partial charge in [0.15, 0.2) is 6.04 Å². The van der Waals surface area contributed by atoms with Crippen molar-refractivity contribution in [1.82, 2.24) is 4.90 Å². The zero-order valence-corrected chi connectivity index (χ0v) is 22.0. The third-order valence-electron chi connectivity index (χ3n) is 6.51. The number of β-lactam (4-membered cyclic amide) rings is 1. The van der Waals surface area contributed by atoms with Gasteiger partial charge < -0.3 is 9.47 Å². The molecule has 2 aliphatic rings. The minimum atomic E-state index is -0.716. The molecule has 0 aromatic heterocycles. The van der Waals surface area contributed by atoms with Crippen molar-refractivity contribution in [1.29, 1.82) is 5.26 Å². The van der Waals surface area contributed by atoms with Gasteiger partial charge in [-0.25, -0.2) is 4.79 Å². The number of benzene rings is 3. The minimum absolute atomic E-state index is 0.00848. The van der Waals surface area contributed by atoms with Gasteiger partial charge in [0.1, 0.15) is 23.4 Å². The van der Waals surface area contributed by atoms with E-state index >= 15 is 0 Å². The van der Waals surface area contributed by atoms with E-state index in [2.05, 4.69) is 11.1 Å². The number of fused-ring (bicyclic) bond motifs is 1. The van der Waals surface area contributed by atoms with Crippen LogP contribution in [0.2, 0.25) is 0 Å². The highest BCUT2D eigenvalue weighted by Gasteiger charge is 2.54. The first-order chi connectivity index (χ1) is 19.4. The molecule has 2 heterocycles. The fourth-order valence-electron chi connectivity index (χ4n) is 4.35. The molecular weight excluding hydrogens is 532 g/mol. The second-order valence-corrected chi connectivity index (χ2v) is 10.0. The van der Waals surface area contributed by atoms with Crippen LogP contribution in [-0.4, -0.2) is 52.2 Å². The maximum atomic E-state index is 13.5. The smallest absolute Gasteiger partial charge is 0.355 e. The summed E-state index contributed by atoms with van der Waals surface area (Å²) in [5.41, 5.74) is 3.33. The number of esters is 1. The fourth-order valence-corrected chi connectivity index (χ4v) is 5.72. The van der Waals surface area contributed by atoms with E-state index in [0.29, 0.717) is 33.8 Å². The lowest BCUT2D eigenvalue weighted by atomic mass is 9.98. The zero-order valence-electron chi connectivity index (χ0n) is 21.2. The summed E-state index contributed by atoms with van der Waals surface area (Å²) in [6, 6.07) is 21.2. The Balaban J connectivity index is 1.40. The van der Waals surface area contributed by atoms with E-state index in [0.717, 1.165) is 5.56 Å². The van der Waals surface area contributed by atoms with Crippen molar-refractivity contribution in [2.24, 2.45) is 4.99 Å². The summed E-state index contributed by atoms with van der Waals surface area (Å²) in [5, 5.41) is 19.6. The second kappa shape index (κ2) is 11.4. The standard InChI is InChI=1S/C29H22N4O6S/c1-38-23-12-6-20(7-13-23)16-39-29(35)26-24(21-8-2-18(14-30)3-9-21)17-40-28-25(27(34)32(26)28)31-15-19-4-10-22(11-5-19)33(36)37/h2-13,15,25,28H,16-17H2,1H3/t25-,28+/m1/s1. The van der Waals surface area contributed by atoms with E-state index in [1.165, 1.54) is 35.0 Å². The number of nitriles is 1. The molecule has 0 bridgehead atoms. The number of nitro benzene ring substituents is 1. The number of ether oxygens (including phenoxy) is 2. The Bertz CT molecular complexity index is 1560. The van der Waals surface area contributed by atoms with E-state index in [1.807, 2.05) is 0 Å². The molecule has 11 heteroatoms. The summed E-state index contributed by atoms with van der Waals surface area (Å²) in [4.78, 5) is 43.0. The molecule has 1 amide bonds. The number of carbonyl (C=O) groups excluding carboxylic acids is 2. The van der Waals surface area contributed by atoms with Crippen molar-refractivity contribution in [3.63, 3.8) is 0 Å². The molecule has 2 aliphatic heterocycles. The molecule has 0 aliphatic carbocycles. The molecular formula is C29H22N4O6S. The van der Waals surface area contributed by atoms with Gasteiger partial charge in [0, 0.05) is 29.7 Å². The Kier molecular flexibility index (Phi) is 7.61. The summed E-state index contributed by atoms with van der Waals surface area (Å²) in [5.74, 6) is 0.126. The largest absolute Gasteiger partial charge is 0.497 e. The first-order valence-electron chi connectivity index (χ1n) is 12.2. The van der Waals surface area contributed by atoms with Crippen LogP contribution in [0.4, 0.5) is 5.69 Å². The Morgan fingerprint density at radius 2 is 1.85 bits per heavy atom. The van der Waals surface area contributed by atoms with Crippen molar-refractivity contribution in [3.05, 3.63) is 111 Å². The van der Waals surface area contributed by atoms with Crippen LogP contribution in [0.15, 0.2) is 83.5 Å². The minimum Gasteiger partial charge on any atom is -0.497 e. The van der Waals surface area contributed by atoms with Crippen LogP contribution >= 0.6 is 11.8 Å².